The van der Waals surface area contributed by atoms with Crippen molar-refractivity contribution in [1.82, 2.24) is 0 Å². The van der Waals surface area contributed by atoms with Crippen LogP contribution >= 0.6 is 0 Å². The lowest BCUT2D eigenvalue weighted by molar-refractivity contribution is -0.123. The first-order chi connectivity index (χ1) is 12.3. The molecule has 2 heteroatoms. The summed E-state index contributed by atoms with van der Waals surface area (Å²) >= 11 is 0. The Bertz CT molecular complexity index is 645. The molecule has 0 spiro atoms. The fourth-order valence-electron chi connectivity index (χ4n) is 8.37. The lowest BCUT2D eigenvalue weighted by Crippen LogP contribution is -2.54. The quantitative estimate of drug-likeness (QED) is 0.567. The standard InChI is InChI=1S/C24H37NO/c1-15-12-18-6-7-19-21-9-8-20(16(2)25-5)23(21,3)11-10-22(19)24(18,4)13-17(15)14-26/h15,17-19,21-22,26H,6-14H2,1-4H3/b20-16-/t15-,17-,18+,19+,21+,22+,23-,24+/m1/s1. The maximum Gasteiger partial charge on any atom is 0.162 e. The van der Waals surface area contributed by atoms with E-state index >= 15 is 0 Å². The van der Waals surface area contributed by atoms with Gasteiger partial charge in [0.25, 0.3) is 0 Å². The number of allylic oxidation sites excluding steroid dienone is 2. The van der Waals surface area contributed by atoms with E-state index < -0.39 is 0 Å². The van der Waals surface area contributed by atoms with Crippen LogP contribution in [0.15, 0.2) is 11.3 Å². The third-order valence-corrected chi connectivity index (χ3v) is 9.85. The first-order valence-electron chi connectivity index (χ1n) is 11.0. The number of rotatable bonds is 1. The highest BCUT2D eigenvalue weighted by atomic mass is 16.3. The second-order valence-electron chi connectivity index (χ2n) is 10.7. The Balaban J connectivity index is 1.65. The molecule has 4 rings (SSSR count). The van der Waals surface area contributed by atoms with Crippen molar-refractivity contribution < 1.29 is 5.11 Å². The van der Waals surface area contributed by atoms with Crippen LogP contribution in [0.25, 0.3) is 4.85 Å². The van der Waals surface area contributed by atoms with Crippen molar-refractivity contribution >= 4 is 0 Å². The molecule has 4 fully saturated rings. The van der Waals surface area contributed by atoms with E-state index in [1.807, 2.05) is 0 Å². The second kappa shape index (κ2) is 6.37. The molecular formula is C24H37NO. The van der Waals surface area contributed by atoms with Crippen LogP contribution in [-0.4, -0.2) is 11.7 Å². The van der Waals surface area contributed by atoms with Crippen LogP contribution in [0.1, 0.15) is 79.1 Å². The van der Waals surface area contributed by atoms with E-state index in [1.54, 1.807) is 0 Å². The van der Waals surface area contributed by atoms with Crippen molar-refractivity contribution in [3.63, 3.8) is 0 Å². The van der Waals surface area contributed by atoms with Crippen LogP contribution < -0.4 is 0 Å². The molecule has 144 valence electrons. The van der Waals surface area contributed by atoms with Gasteiger partial charge in [0.1, 0.15) is 0 Å². The number of fused-ring (bicyclic) bond motifs is 5. The van der Waals surface area contributed by atoms with Gasteiger partial charge in [-0.25, -0.2) is 4.85 Å². The highest BCUT2D eigenvalue weighted by Gasteiger charge is 2.59. The number of nitrogens with zero attached hydrogens (tertiary/aromatic N) is 1. The highest BCUT2D eigenvalue weighted by molar-refractivity contribution is 5.31. The first-order valence-corrected chi connectivity index (χ1v) is 11.0. The molecule has 26 heavy (non-hydrogen) atoms. The minimum atomic E-state index is 0.289. The molecule has 0 unspecified atom stereocenters. The Morgan fingerprint density at radius 3 is 2.65 bits per heavy atom. The molecule has 0 aromatic heterocycles. The van der Waals surface area contributed by atoms with E-state index in [9.17, 15) is 5.11 Å². The van der Waals surface area contributed by atoms with E-state index in [0.717, 1.165) is 35.8 Å². The average Bonchev–Trinajstić information content (AvgIpc) is 2.98. The number of aliphatic hydroxyl groups is 1. The van der Waals surface area contributed by atoms with Crippen molar-refractivity contribution in [2.45, 2.75) is 79.1 Å². The Morgan fingerprint density at radius 1 is 1.19 bits per heavy atom. The number of hydrogen-bond donors (Lipinski definition) is 1. The molecule has 8 atom stereocenters. The summed E-state index contributed by atoms with van der Waals surface area (Å²) in [6, 6.07) is 0. The Hall–Kier alpha value is -0.810. The van der Waals surface area contributed by atoms with Crippen molar-refractivity contribution in [2.75, 3.05) is 6.61 Å². The normalized spacial score (nSPS) is 52.5. The third kappa shape index (κ3) is 2.46. The van der Waals surface area contributed by atoms with Gasteiger partial charge >= 0.3 is 0 Å². The van der Waals surface area contributed by atoms with E-state index in [-0.39, 0.29) is 5.41 Å². The Morgan fingerprint density at radius 2 is 1.96 bits per heavy atom. The van der Waals surface area contributed by atoms with E-state index in [1.165, 1.54) is 50.5 Å². The molecule has 0 aliphatic heterocycles. The first kappa shape index (κ1) is 18.5. The van der Waals surface area contributed by atoms with Crippen LogP contribution in [0.3, 0.4) is 0 Å². The summed E-state index contributed by atoms with van der Waals surface area (Å²) in [5.74, 6) is 4.54. The molecule has 4 aliphatic rings. The highest BCUT2D eigenvalue weighted by Crippen LogP contribution is 2.68. The van der Waals surface area contributed by atoms with Crippen LogP contribution in [0.5, 0.6) is 0 Å². The van der Waals surface area contributed by atoms with Crippen molar-refractivity contribution in [3.8, 4) is 0 Å². The minimum absolute atomic E-state index is 0.289. The molecular weight excluding hydrogens is 318 g/mol. The van der Waals surface area contributed by atoms with Gasteiger partial charge in [-0.3, -0.25) is 0 Å². The molecule has 0 aromatic rings. The average molecular weight is 356 g/mol. The SMILES string of the molecule is [C-]#[N+]/C(C)=C1/CC[C@H]2[C@@H]3CC[C@H]4C[C@@H](C)[C@@H](CO)C[C@]4(C)[C@H]3CC[C@]12C. The van der Waals surface area contributed by atoms with Gasteiger partial charge in [-0.05, 0) is 105 Å². The fourth-order valence-corrected chi connectivity index (χ4v) is 8.37. The number of hydrogen-bond acceptors (Lipinski definition) is 1. The predicted molar refractivity (Wildman–Crippen MR) is 106 cm³/mol. The molecule has 0 heterocycles. The molecule has 0 aromatic carbocycles. The van der Waals surface area contributed by atoms with Crippen molar-refractivity contribution in [2.24, 2.45) is 46.3 Å². The van der Waals surface area contributed by atoms with E-state index in [4.69, 9.17) is 6.57 Å². The van der Waals surface area contributed by atoms with Gasteiger partial charge in [-0.1, -0.05) is 26.3 Å². The molecule has 2 nitrogen and oxygen atoms in total. The summed E-state index contributed by atoms with van der Waals surface area (Å²) in [5.41, 5.74) is 3.21. The zero-order chi connectivity index (χ0) is 18.7. The van der Waals surface area contributed by atoms with Crippen molar-refractivity contribution in [1.29, 1.82) is 0 Å². The molecule has 1 N–H and O–H groups in total. The van der Waals surface area contributed by atoms with Gasteiger partial charge in [0.15, 0.2) is 5.70 Å². The van der Waals surface area contributed by atoms with Crippen molar-refractivity contribution in [3.05, 3.63) is 22.7 Å². The summed E-state index contributed by atoms with van der Waals surface area (Å²) in [5, 5.41) is 9.94. The van der Waals surface area contributed by atoms with Crippen LogP contribution in [0, 0.1) is 52.9 Å². The van der Waals surface area contributed by atoms with Crippen LogP contribution in [0.2, 0.25) is 0 Å². The summed E-state index contributed by atoms with van der Waals surface area (Å²) in [6.45, 7) is 17.4. The van der Waals surface area contributed by atoms with Gasteiger partial charge in [-0.2, -0.15) is 0 Å². The van der Waals surface area contributed by atoms with Gasteiger partial charge < -0.3 is 5.11 Å². The summed E-state index contributed by atoms with van der Waals surface area (Å²) in [6.07, 6.45) is 10.5. The molecule has 0 saturated heterocycles. The van der Waals surface area contributed by atoms with E-state index in [2.05, 4.69) is 32.5 Å². The monoisotopic (exact) mass is 355 g/mol. The lowest BCUT2D eigenvalue weighted by atomic mass is 9.43. The molecule has 0 radical (unpaired) electrons. The third-order valence-electron chi connectivity index (χ3n) is 9.85. The van der Waals surface area contributed by atoms with Crippen LogP contribution in [-0.2, 0) is 0 Å². The predicted octanol–water partition coefficient (Wildman–Crippen LogP) is 6.08. The fraction of sp³-hybridized carbons (Fsp3) is 0.875. The molecule has 4 aliphatic carbocycles. The largest absolute Gasteiger partial charge is 0.396 e. The number of aliphatic hydroxyl groups excluding tert-OH is 1. The summed E-state index contributed by atoms with van der Waals surface area (Å²) in [4.78, 5) is 3.82. The molecule has 4 saturated carbocycles. The van der Waals surface area contributed by atoms with E-state index in [0.29, 0.717) is 23.9 Å². The molecule has 0 amide bonds. The Kier molecular flexibility index (Phi) is 4.54. The molecule has 0 bridgehead atoms. The maximum atomic E-state index is 9.94. The minimum Gasteiger partial charge on any atom is -0.396 e. The topological polar surface area (TPSA) is 24.6 Å². The summed E-state index contributed by atoms with van der Waals surface area (Å²) < 4.78 is 0. The Labute approximate surface area is 160 Å². The maximum absolute atomic E-state index is 9.94. The van der Waals surface area contributed by atoms with Gasteiger partial charge in [0, 0.05) is 6.61 Å². The summed E-state index contributed by atoms with van der Waals surface area (Å²) in [7, 11) is 0. The zero-order valence-corrected chi connectivity index (χ0v) is 17.2. The lowest BCUT2D eigenvalue weighted by Gasteiger charge is -2.62. The second-order valence-corrected chi connectivity index (χ2v) is 10.7. The van der Waals surface area contributed by atoms with Crippen LogP contribution in [0.4, 0.5) is 0 Å². The zero-order valence-electron chi connectivity index (χ0n) is 17.2. The van der Waals surface area contributed by atoms with Gasteiger partial charge in [0.05, 0.1) is 6.57 Å². The van der Waals surface area contributed by atoms with Gasteiger partial charge in [0.2, 0.25) is 0 Å². The van der Waals surface area contributed by atoms with Gasteiger partial charge in [-0.15, -0.1) is 0 Å². The smallest absolute Gasteiger partial charge is 0.162 e.